The fourth-order valence-electron chi connectivity index (χ4n) is 3.10. The van der Waals surface area contributed by atoms with Gasteiger partial charge in [-0.15, -0.1) is 0 Å². The van der Waals surface area contributed by atoms with Gasteiger partial charge >= 0.3 is 177 Å². The molecule has 0 N–H and O–H groups in total. The van der Waals surface area contributed by atoms with E-state index in [4.69, 9.17) is 0 Å². The molecule has 1 rings (SSSR count). The topological polar surface area (TPSA) is 241 Å². The summed E-state index contributed by atoms with van der Waals surface area (Å²) in [5, 5.41) is 66.7. The van der Waals surface area contributed by atoms with Crippen LogP contribution in [0.2, 0.25) is 0 Å². The average Bonchev–Trinajstić information content (AvgIpc) is 2.42. The van der Waals surface area contributed by atoms with E-state index in [0.29, 0.717) is 0 Å². The summed E-state index contributed by atoms with van der Waals surface area (Å²) < 4.78 is 0. The van der Waals surface area contributed by atoms with Gasteiger partial charge in [-0.25, -0.2) is 0 Å². The van der Waals surface area contributed by atoms with Gasteiger partial charge in [0.25, 0.3) is 0 Å². The van der Waals surface area contributed by atoms with E-state index in [-0.39, 0.29) is 177 Å². The van der Waals surface area contributed by atoms with Gasteiger partial charge in [-0.2, -0.15) is 0 Å². The van der Waals surface area contributed by atoms with Crippen molar-refractivity contribution < 1.29 is 237 Å². The summed E-state index contributed by atoms with van der Waals surface area (Å²) in [6.07, 6.45) is 0. The molecule has 0 aliphatic heterocycles. The summed E-state index contributed by atoms with van der Waals surface area (Å²) in [7, 11) is 0. The van der Waals surface area contributed by atoms with Crippen LogP contribution in [0.25, 0.3) is 0 Å². The standard InChI is InChI=1S/C12H12O12.6Na/c13-7(14)1-2(8(15)16)4(10(19)20)6(12(23)24)5(11(21)22)3(1)9(17)18;;;;;;/h1-6H,(H,13,14)(H,15,16)(H,17,18)(H,19,20)(H,21,22)(H,23,24);;;;;;/q;6*+1/p-6. The van der Waals surface area contributed by atoms with Gasteiger partial charge in [-0.3, -0.25) is 0 Å². The zero-order valence-electron chi connectivity index (χ0n) is 17.4. The molecule has 1 saturated carbocycles. The largest absolute Gasteiger partial charge is 1.00 e. The molecule has 0 amide bonds. The van der Waals surface area contributed by atoms with Gasteiger partial charge in [0.1, 0.15) is 0 Å². The second-order valence-corrected chi connectivity index (χ2v) is 5.07. The van der Waals surface area contributed by atoms with Crippen LogP contribution in [0.1, 0.15) is 0 Å². The van der Waals surface area contributed by atoms with Crippen molar-refractivity contribution in [1.82, 2.24) is 0 Å². The van der Waals surface area contributed by atoms with Gasteiger partial charge in [0, 0.05) is 71.3 Å². The van der Waals surface area contributed by atoms with E-state index < -0.39 is 71.3 Å². The van der Waals surface area contributed by atoms with E-state index in [1.165, 1.54) is 0 Å². The Labute approximate surface area is 302 Å². The first-order chi connectivity index (χ1) is 10.9. The molecule has 0 atom stereocenters. The molecule has 0 heterocycles. The van der Waals surface area contributed by atoms with Gasteiger partial charge < -0.3 is 59.4 Å². The van der Waals surface area contributed by atoms with Crippen molar-refractivity contribution in [3.8, 4) is 0 Å². The first-order valence-electron chi connectivity index (χ1n) is 6.18. The minimum absolute atomic E-state index is 0. The summed E-state index contributed by atoms with van der Waals surface area (Å²) in [5.41, 5.74) is 0. The summed E-state index contributed by atoms with van der Waals surface area (Å²) in [6.45, 7) is 0. The average molecular weight is 480 g/mol. The minimum atomic E-state index is -2.78. The number of hydrogen-bond donors (Lipinski definition) is 0. The Kier molecular flexibility index (Phi) is 30.9. The second kappa shape index (κ2) is 20.1. The van der Waals surface area contributed by atoms with E-state index in [0.717, 1.165) is 0 Å². The van der Waals surface area contributed by atoms with Crippen molar-refractivity contribution in [3.05, 3.63) is 0 Å². The quantitative estimate of drug-likeness (QED) is 0.322. The van der Waals surface area contributed by atoms with Gasteiger partial charge in [0.05, 0.1) is 0 Å². The number of carbonyl (C=O) groups is 6. The summed E-state index contributed by atoms with van der Waals surface area (Å²) in [4.78, 5) is 66.7. The summed E-state index contributed by atoms with van der Waals surface area (Å²) in [5.74, 6) is -31.4. The normalized spacial score (nSPS) is 26.0. The summed E-state index contributed by atoms with van der Waals surface area (Å²) in [6, 6.07) is 0. The van der Waals surface area contributed by atoms with Crippen molar-refractivity contribution in [2.75, 3.05) is 0 Å². The molecule has 18 heteroatoms. The van der Waals surface area contributed by atoms with Crippen LogP contribution >= 0.6 is 0 Å². The van der Waals surface area contributed by atoms with Crippen LogP contribution in [0.4, 0.5) is 0 Å². The molecule has 1 fully saturated rings. The van der Waals surface area contributed by atoms with Crippen LogP contribution in [0, 0.1) is 35.5 Å². The van der Waals surface area contributed by atoms with Gasteiger partial charge in [0.15, 0.2) is 0 Å². The Morgan fingerprint density at radius 3 is 0.400 bits per heavy atom. The van der Waals surface area contributed by atoms with Crippen molar-refractivity contribution in [2.24, 2.45) is 35.5 Å². The van der Waals surface area contributed by atoms with Crippen LogP contribution in [0.3, 0.4) is 0 Å². The van der Waals surface area contributed by atoms with Crippen LogP contribution in [-0.2, 0) is 28.8 Å². The van der Waals surface area contributed by atoms with Crippen LogP contribution in [-0.4, -0.2) is 35.8 Å². The van der Waals surface area contributed by atoms with Gasteiger partial charge in [-0.05, 0) is 0 Å². The number of carboxylic acids is 6. The number of carboxylic acid groups (broad SMARTS) is 6. The molecule has 1 aliphatic rings. The van der Waals surface area contributed by atoms with E-state index >= 15 is 0 Å². The maximum atomic E-state index is 11.1. The Morgan fingerprint density at radius 2 is 0.367 bits per heavy atom. The van der Waals surface area contributed by atoms with Gasteiger partial charge in [0.2, 0.25) is 0 Å². The molecule has 12 nitrogen and oxygen atoms in total. The molecule has 30 heavy (non-hydrogen) atoms. The van der Waals surface area contributed by atoms with E-state index in [2.05, 4.69) is 0 Å². The zero-order chi connectivity index (χ0) is 18.9. The maximum absolute atomic E-state index is 11.1. The molecule has 0 bridgehead atoms. The molecule has 0 aromatic rings. The summed E-state index contributed by atoms with van der Waals surface area (Å²) >= 11 is 0. The van der Waals surface area contributed by atoms with E-state index in [9.17, 15) is 59.4 Å². The molecule has 0 aromatic heterocycles. The monoisotopic (exact) mass is 480 g/mol. The predicted octanol–water partition coefficient (Wildman–Crippen LogP) is -27.8. The molecule has 1 aliphatic carbocycles. The zero-order valence-corrected chi connectivity index (χ0v) is 29.4. The SMILES string of the molecule is O=C([O-])C1C(C(=O)[O-])C(C(=O)[O-])C(C(=O)[O-])C(C(=O)[O-])C1C(=O)[O-].[Na+].[Na+].[Na+].[Na+].[Na+].[Na+]. The Balaban J connectivity index is -0.000000240. The minimum Gasteiger partial charge on any atom is -0.550 e. The van der Waals surface area contributed by atoms with Crippen molar-refractivity contribution >= 4 is 35.8 Å². The third-order valence-electron chi connectivity index (χ3n) is 3.95. The number of hydrogen-bond acceptors (Lipinski definition) is 12. The number of rotatable bonds is 6. The van der Waals surface area contributed by atoms with Crippen molar-refractivity contribution in [3.63, 3.8) is 0 Å². The maximum Gasteiger partial charge on any atom is 1.00 e. The van der Waals surface area contributed by atoms with E-state index in [1.807, 2.05) is 0 Å². The Bertz CT molecular complexity index is 492. The van der Waals surface area contributed by atoms with Crippen LogP contribution in [0.5, 0.6) is 0 Å². The molecule has 132 valence electrons. The van der Waals surface area contributed by atoms with Crippen LogP contribution in [0.15, 0.2) is 0 Å². The van der Waals surface area contributed by atoms with Gasteiger partial charge in [-0.1, -0.05) is 0 Å². The first-order valence-corrected chi connectivity index (χ1v) is 6.18. The molecule has 0 saturated heterocycles. The Morgan fingerprint density at radius 1 is 0.300 bits per heavy atom. The second-order valence-electron chi connectivity index (χ2n) is 5.07. The number of aliphatic carboxylic acids is 6. The molecule has 0 aromatic carbocycles. The molecular formula is C12H6Na6O12. The van der Waals surface area contributed by atoms with Crippen molar-refractivity contribution in [2.45, 2.75) is 0 Å². The van der Waals surface area contributed by atoms with Crippen LogP contribution < -0.4 is 208 Å². The molecule has 0 spiro atoms. The fourth-order valence-corrected chi connectivity index (χ4v) is 3.10. The third-order valence-corrected chi connectivity index (χ3v) is 3.95. The molecule has 0 unspecified atom stereocenters. The fraction of sp³-hybridized carbons (Fsp3) is 0.500. The number of carbonyl (C=O) groups excluding carboxylic acids is 6. The first kappa shape index (κ1) is 46.2. The van der Waals surface area contributed by atoms with E-state index in [1.54, 1.807) is 0 Å². The smallest absolute Gasteiger partial charge is 0.550 e. The third kappa shape index (κ3) is 10.6. The van der Waals surface area contributed by atoms with Crippen molar-refractivity contribution in [1.29, 1.82) is 0 Å². The molecular weight excluding hydrogens is 474 g/mol. The molecule has 0 radical (unpaired) electrons. The Hall–Kier alpha value is 2.82. The predicted molar refractivity (Wildman–Crippen MR) is 51.0 cm³/mol.